The maximum absolute atomic E-state index is 12.7. The van der Waals surface area contributed by atoms with E-state index in [9.17, 15) is 4.79 Å². The molecule has 1 saturated heterocycles. The number of nitrogens with zero attached hydrogens (tertiary/aromatic N) is 1. The predicted octanol–water partition coefficient (Wildman–Crippen LogP) is 1.91. The van der Waals surface area contributed by atoms with E-state index < -0.39 is 0 Å². The fraction of sp³-hybridized carbons (Fsp3) is 0.533. The minimum atomic E-state index is 0.149. The van der Waals surface area contributed by atoms with Gasteiger partial charge in [-0.15, -0.1) is 0 Å². The van der Waals surface area contributed by atoms with E-state index in [0.717, 1.165) is 30.6 Å². The molecule has 1 amide bonds. The number of benzene rings is 1. The lowest BCUT2D eigenvalue weighted by atomic mass is 9.96. The van der Waals surface area contributed by atoms with Crippen molar-refractivity contribution in [3.8, 4) is 0 Å². The monoisotopic (exact) mass is 260 g/mol. The van der Waals surface area contributed by atoms with Crippen molar-refractivity contribution in [1.82, 2.24) is 4.90 Å². The number of amides is 1. The van der Waals surface area contributed by atoms with Crippen LogP contribution in [-0.4, -0.2) is 43.2 Å². The lowest BCUT2D eigenvalue weighted by Gasteiger charge is -2.34. The van der Waals surface area contributed by atoms with Gasteiger partial charge in [0, 0.05) is 24.3 Å². The van der Waals surface area contributed by atoms with Crippen LogP contribution in [0.5, 0.6) is 0 Å². The molecule has 2 aliphatic rings. The number of carbonyl (C=O) groups is 1. The summed E-state index contributed by atoms with van der Waals surface area (Å²) in [6.07, 6.45) is 2.08. The van der Waals surface area contributed by atoms with Crippen molar-refractivity contribution in [2.75, 3.05) is 31.6 Å². The summed E-state index contributed by atoms with van der Waals surface area (Å²) in [5, 5.41) is 3.38. The number of nitrogens with one attached hydrogen (secondary N) is 1. The van der Waals surface area contributed by atoms with Gasteiger partial charge in [-0.05, 0) is 37.5 Å². The Balaban J connectivity index is 1.91. The SMILES string of the molecule is C[C@@H]1COCCN1C(=O)c1cccc2c1CCCN2. The van der Waals surface area contributed by atoms with Crippen LogP contribution in [0.4, 0.5) is 5.69 Å². The van der Waals surface area contributed by atoms with Gasteiger partial charge >= 0.3 is 0 Å². The number of rotatable bonds is 1. The molecule has 1 fully saturated rings. The second-order valence-electron chi connectivity index (χ2n) is 5.28. The van der Waals surface area contributed by atoms with Gasteiger partial charge in [0.2, 0.25) is 0 Å². The van der Waals surface area contributed by atoms with Gasteiger partial charge in [0.05, 0.1) is 19.3 Å². The molecule has 0 bridgehead atoms. The highest BCUT2D eigenvalue weighted by atomic mass is 16.5. The molecular formula is C15H20N2O2. The van der Waals surface area contributed by atoms with E-state index in [0.29, 0.717) is 19.8 Å². The number of fused-ring (bicyclic) bond motifs is 1. The molecule has 3 rings (SSSR count). The fourth-order valence-corrected chi connectivity index (χ4v) is 2.89. The van der Waals surface area contributed by atoms with Gasteiger partial charge in [0.25, 0.3) is 5.91 Å². The van der Waals surface area contributed by atoms with Gasteiger partial charge in [-0.1, -0.05) is 6.07 Å². The Morgan fingerprint density at radius 1 is 1.47 bits per heavy atom. The van der Waals surface area contributed by atoms with Gasteiger partial charge in [-0.25, -0.2) is 0 Å². The Morgan fingerprint density at radius 2 is 2.37 bits per heavy atom. The number of hydrogen-bond acceptors (Lipinski definition) is 3. The zero-order valence-corrected chi connectivity index (χ0v) is 11.3. The van der Waals surface area contributed by atoms with Crippen LogP contribution in [-0.2, 0) is 11.2 Å². The molecule has 1 N–H and O–H groups in total. The van der Waals surface area contributed by atoms with Crippen LogP contribution in [0, 0.1) is 0 Å². The zero-order valence-electron chi connectivity index (χ0n) is 11.3. The molecule has 0 radical (unpaired) electrons. The van der Waals surface area contributed by atoms with E-state index in [-0.39, 0.29) is 11.9 Å². The molecule has 2 aliphatic heterocycles. The molecule has 0 aromatic heterocycles. The van der Waals surface area contributed by atoms with Crippen molar-refractivity contribution in [2.24, 2.45) is 0 Å². The third-order valence-corrected chi connectivity index (χ3v) is 3.95. The first-order valence-corrected chi connectivity index (χ1v) is 7.02. The Kier molecular flexibility index (Phi) is 3.42. The molecule has 4 nitrogen and oxygen atoms in total. The zero-order chi connectivity index (χ0) is 13.2. The highest BCUT2D eigenvalue weighted by Crippen LogP contribution is 2.27. The van der Waals surface area contributed by atoms with Crippen LogP contribution in [0.2, 0.25) is 0 Å². The Hall–Kier alpha value is -1.55. The lowest BCUT2D eigenvalue weighted by molar-refractivity contribution is 0.00353. The number of ether oxygens (including phenoxy) is 1. The number of hydrogen-bond donors (Lipinski definition) is 1. The van der Waals surface area contributed by atoms with Gasteiger partial charge in [0.15, 0.2) is 0 Å². The Bertz CT molecular complexity index is 487. The second-order valence-corrected chi connectivity index (χ2v) is 5.28. The molecule has 1 aromatic carbocycles. The predicted molar refractivity (Wildman–Crippen MR) is 74.6 cm³/mol. The Morgan fingerprint density at radius 3 is 3.21 bits per heavy atom. The van der Waals surface area contributed by atoms with Crippen molar-refractivity contribution >= 4 is 11.6 Å². The molecule has 0 aliphatic carbocycles. The first kappa shape index (κ1) is 12.5. The molecule has 0 unspecified atom stereocenters. The highest BCUT2D eigenvalue weighted by Gasteiger charge is 2.27. The third-order valence-electron chi connectivity index (χ3n) is 3.95. The third kappa shape index (κ3) is 2.32. The largest absolute Gasteiger partial charge is 0.385 e. The smallest absolute Gasteiger partial charge is 0.254 e. The van der Waals surface area contributed by atoms with Crippen LogP contribution in [0.15, 0.2) is 18.2 Å². The summed E-state index contributed by atoms with van der Waals surface area (Å²) < 4.78 is 5.40. The molecule has 1 aromatic rings. The molecule has 4 heteroatoms. The molecule has 1 atom stereocenters. The Labute approximate surface area is 113 Å². The number of carbonyl (C=O) groups excluding carboxylic acids is 1. The fourth-order valence-electron chi connectivity index (χ4n) is 2.89. The van der Waals surface area contributed by atoms with Crippen molar-refractivity contribution in [2.45, 2.75) is 25.8 Å². The van der Waals surface area contributed by atoms with E-state index in [1.165, 1.54) is 5.56 Å². The maximum atomic E-state index is 12.7. The second kappa shape index (κ2) is 5.21. The average molecular weight is 260 g/mol. The summed E-state index contributed by atoms with van der Waals surface area (Å²) in [5.41, 5.74) is 3.16. The van der Waals surface area contributed by atoms with Crippen molar-refractivity contribution in [1.29, 1.82) is 0 Å². The van der Waals surface area contributed by atoms with Crippen molar-refractivity contribution in [3.63, 3.8) is 0 Å². The van der Waals surface area contributed by atoms with Crippen LogP contribution in [0.3, 0.4) is 0 Å². The van der Waals surface area contributed by atoms with E-state index >= 15 is 0 Å². The molecular weight excluding hydrogens is 240 g/mol. The summed E-state index contributed by atoms with van der Waals surface area (Å²) in [6.45, 7) is 5.02. The number of morpholine rings is 1. The highest BCUT2D eigenvalue weighted by molar-refractivity contribution is 5.97. The lowest BCUT2D eigenvalue weighted by Crippen LogP contribution is -2.47. The first-order chi connectivity index (χ1) is 9.27. The standard InChI is InChI=1S/C15H20N2O2/c1-11-10-19-9-8-17(11)15(18)13-4-2-6-14-12(13)5-3-7-16-14/h2,4,6,11,16H,3,5,7-10H2,1H3/t11-/m1/s1. The molecule has 0 saturated carbocycles. The molecule has 19 heavy (non-hydrogen) atoms. The summed E-state index contributed by atoms with van der Waals surface area (Å²) in [6, 6.07) is 6.15. The van der Waals surface area contributed by atoms with Crippen LogP contribution >= 0.6 is 0 Å². The average Bonchev–Trinajstić information content (AvgIpc) is 2.46. The van der Waals surface area contributed by atoms with Crippen LogP contribution < -0.4 is 5.32 Å². The van der Waals surface area contributed by atoms with Crippen LogP contribution in [0.25, 0.3) is 0 Å². The van der Waals surface area contributed by atoms with Gasteiger partial charge in [-0.2, -0.15) is 0 Å². The minimum absolute atomic E-state index is 0.149. The molecule has 2 heterocycles. The van der Waals surface area contributed by atoms with E-state index in [2.05, 4.69) is 11.4 Å². The summed E-state index contributed by atoms with van der Waals surface area (Å²) in [4.78, 5) is 14.7. The topological polar surface area (TPSA) is 41.6 Å². The normalized spacial score (nSPS) is 22.6. The quantitative estimate of drug-likeness (QED) is 0.838. The number of anilines is 1. The van der Waals surface area contributed by atoms with Gasteiger partial charge in [0.1, 0.15) is 0 Å². The summed E-state index contributed by atoms with van der Waals surface area (Å²) >= 11 is 0. The van der Waals surface area contributed by atoms with Crippen molar-refractivity contribution in [3.05, 3.63) is 29.3 Å². The molecule has 102 valence electrons. The van der Waals surface area contributed by atoms with E-state index in [4.69, 9.17) is 4.74 Å². The van der Waals surface area contributed by atoms with Crippen LogP contribution in [0.1, 0.15) is 29.3 Å². The first-order valence-electron chi connectivity index (χ1n) is 7.02. The van der Waals surface area contributed by atoms with E-state index in [1.807, 2.05) is 24.0 Å². The minimum Gasteiger partial charge on any atom is -0.385 e. The summed E-state index contributed by atoms with van der Waals surface area (Å²) in [7, 11) is 0. The van der Waals surface area contributed by atoms with E-state index in [1.54, 1.807) is 0 Å². The molecule has 0 spiro atoms. The van der Waals surface area contributed by atoms with Gasteiger partial charge in [-0.3, -0.25) is 4.79 Å². The maximum Gasteiger partial charge on any atom is 0.254 e. The summed E-state index contributed by atoms with van der Waals surface area (Å²) in [5.74, 6) is 0.149. The van der Waals surface area contributed by atoms with Gasteiger partial charge < -0.3 is 15.0 Å². The van der Waals surface area contributed by atoms with Crippen molar-refractivity contribution < 1.29 is 9.53 Å².